The van der Waals surface area contributed by atoms with Gasteiger partial charge in [0.1, 0.15) is 5.75 Å². The van der Waals surface area contributed by atoms with Crippen molar-refractivity contribution in [1.82, 2.24) is 10.2 Å². The first-order valence-corrected chi connectivity index (χ1v) is 8.91. The van der Waals surface area contributed by atoms with Crippen LogP contribution in [0.3, 0.4) is 0 Å². The number of sulfonamides is 1. The quantitative estimate of drug-likeness (QED) is 0.792. The predicted octanol–water partition coefficient (Wildman–Crippen LogP) is 3.03. The molecule has 23 heavy (non-hydrogen) atoms. The highest BCUT2D eigenvalue weighted by molar-refractivity contribution is 7.92. The van der Waals surface area contributed by atoms with Crippen molar-refractivity contribution in [3.05, 3.63) is 35.4 Å². The van der Waals surface area contributed by atoms with Gasteiger partial charge in [-0.3, -0.25) is 4.72 Å². The van der Waals surface area contributed by atoms with Crippen molar-refractivity contribution in [3.8, 4) is 5.75 Å². The minimum atomic E-state index is -3.37. The fourth-order valence-electron chi connectivity index (χ4n) is 1.82. The third-order valence-electron chi connectivity index (χ3n) is 2.82. The lowest BCUT2D eigenvalue weighted by Gasteiger charge is -2.09. The van der Waals surface area contributed by atoms with Crippen molar-refractivity contribution in [1.29, 1.82) is 0 Å². The molecular weight excluding hydrogens is 340 g/mol. The normalized spacial score (nSPS) is 11.1. The van der Waals surface area contributed by atoms with Gasteiger partial charge in [-0.25, -0.2) is 8.42 Å². The van der Waals surface area contributed by atoms with Crippen LogP contribution >= 0.6 is 11.6 Å². The highest BCUT2D eigenvalue weighted by atomic mass is 35.5. The molecule has 0 atom stereocenters. The summed E-state index contributed by atoms with van der Waals surface area (Å²) in [5.41, 5.74) is 0.712. The minimum Gasteiger partial charge on any atom is -0.495 e. The molecule has 9 heteroatoms. The van der Waals surface area contributed by atoms with Crippen LogP contribution in [0.15, 0.2) is 30.3 Å². The van der Waals surface area contributed by atoms with E-state index in [1.165, 1.54) is 13.2 Å². The molecule has 0 aliphatic heterocycles. The number of nitrogens with zero attached hydrogens (tertiary/aromatic N) is 2. The van der Waals surface area contributed by atoms with Gasteiger partial charge in [0.2, 0.25) is 10.0 Å². The molecule has 0 saturated heterocycles. The Morgan fingerprint density at radius 2 is 1.87 bits per heavy atom. The Morgan fingerprint density at radius 1 is 1.17 bits per heavy atom. The zero-order chi connectivity index (χ0) is 16.9. The van der Waals surface area contributed by atoms with E-state index in [-0.39, 0.29) is 11.6 Å². The smallest absolute Gasteiger partial charge is 0.233 e. The van der Waals surface area contributed by atoms with Gasteiger partial charge in [0.25, 0.3) is 0 Å². The molecular formula is C14H17ClN4O3S. The standard InChI is InChI=1S/C14H17ClN4O3S/c1-3-8-23(20,21)19-14-7-6-13(17-18-14)16-10-4-5-12(22-2)11(15)9-10/h4-7,9H,3,8H2,1-2H3,(H,16,17)(H,18,19). The van der Waals surface area contributed by atoms with Gasteiger partial charge in [-0.05, 0) is 36.8 Å². The summed E-state index contributed by atoms with van der Waals surface area (Å²) in [6.45, 7) is 1.79. The molecule has 1 heterocycles. The second-order valence-electron chi connectivity index (χ2n) is 4.70. The van der Waals surface area contributed by atoms with Crippen LogP contribution in [0, 0.1) is 0 Å². The lowest BCUT2D eigenvalue weighted by Crippen LogP contribution is -2.17. The molecule has 0 radical (unpaired) electrons. The number of aromatic nitrogens is 2. The number of rotatable bonds is 7. The van der Waals surface area contributed by atoms with E-state index in [1.54, 1.807) is 31.2 Å². The van der Waals surface area contributed by atoms with Crippen LogP contribution in [0.2, 0.25) is 5.02 Å². The van der Waals surface area contributed by atoms with Crippen molar-refractivity contribution < 1.29 is 13.2 Å². The van der Waals surface area contributed by atoms with Gasteiger partial charge in [-0.15, -0.1) is 10.2 Å². The Hall–Kier alpha value is -2.06. The highest BCUT2D eigenvalue weighted by Gasteiger charge is 2.10. The second kappa shape index (κ2) is 7.47. The van der Waals surface area contributed by atoms with Crippen LogP contribution in [0.4, 0.5) is 17.3 Å². The predicted molar refractivity (Wildman–Crippen MR) is 91.0 cm³/mol. The van der Waals surface area contributed by atoms with E-state index >= 15 is 0 Å². The topological polar surface area (TPSA) is 93.2 Å². The van der Waals surface area contributed by atoms with Crippen LogP contribution in [0.1, 0.15) is 13.3 Å². The molecule has 0 saturated carbocycles. The van der Waals surface area contributed by atoms with Gasteiger partial charge in [0.05, 0.1) is 17.9 Å². The molecule has 0 unspecified atom stereocenters. The molecule has 0 fully saturated rings. The first kappa shape index (κ1) is 17.3. The number of halogens is 1. The van der Waals surface area contributed by atoms with Crippen molar-refractivity contribution >= 4 is 38.9 Å². The third-order valence-corrected chi connectivity index (χ3v) is 4.58. The zero-order valence-electron chi connectivity index (χ0n) is 12.7. The van der Waals surface area contributed by atoms with Gasteiger partial charge in [-0.2, -0.15) is 0 Å². The van der Waals surface area contributed by atoms with Crippen molar-refractivity contribution in [2.45, 2.75) is 13.3 Å². The summed E-state index contributed by atoms with van der Waals surface area (Å²) in [6, 6.07) is 8.36. The largest absolute Gasteiger partial charge is 0.495 e. The lowest BCUT2D eigenvalue weighted by atomic mass is 10.3. The average molecular weight is 357 g/mol. The first-order valence-electron chi connectivity index (χ1n) is 6.88. The maximum atomic E-state index is 11.7. The molecule has 1 aromatic carbocycles. The van der Waals surface area contributed by atoms with Crippen LogP contribution in [-0.2, 0) is 10.0 Å². The average Bonchev–Trinajstić information content (AvgIpc) is 2.49. The zero-order valence-corrected chi connectivity index (χ0v) is 14.3. The van der Waals surface area contributed by atoms with Crippen LogP contribution in [0.5, 0.6) is 5.75 Å². The van der Waals surface area contributed by atoms with Gasteiger partial charge in [-0.1, -0.05) is 18.5 Å². The molecule has 1 aromatic heterocycles. The van der Waals surface area contributed by atoms with Crippen LogP contribution < -0.4 is 14.8 Å². The Labute approximate surface area is 140 Å². The molecule has 7 nitrogen and oxygen atoms in total. The number of ether oxygens (including phenoxy) is 1. The van der Waals surface area contributed by atoms with E-state index in [2.05, 4.69) is 20.2 Å². The second-order valence-corrected chi connectivity index (χ2v) is 6.95. The maximum absolute atomic E-state index is 11.7. The van der Waals surface area contributed by atoms with E-state index in [4.69, 9.17) is 16.3 Å². The molecule has 2 aromatic rings. The fraction of sp³-hybridized carbons (Fsp3) is 0.286. The van der Waals surface area contributed by atoms with Gasteiger partial charge in [0, 0.05) is 5.69 Å². The van der Waals surface area contributed by atoms with Crippen molar-refractivity contribution in [3.63, 3.8) is 0 Å². The SMILES string of the molecule is CCCS(=O)(=O)Nc1ccc(Nc2ccc(OC)c(Cl)c2)nn1. The summed E-state index contributed by atoms with van der Waals surface area (Å²) in [4.78, 5) is 0. The van der Waals surface area contributed by atoms with Crippen LogP contribution in [-0.4, -0.2) is 31.5 Å². The number of hydrogen-bond donors (Lipinski definition) is 2. The van der Waals surface area contributed by atoms with E-state index in [0.29, 0.717) is 28.7 Å². The number of methoxy groups -OCH3 is 1. The molecule has 0 bridgehead atoms. The van der Waals surface area contributed by atoms with Crippen LogP contribution in [0.25, 0.3) is 0 Å². The van der Waals surface area contributed by atoms with Gasteiger partial charge in [0.15, 0.2) is 11.6 Å². The Bertz CT molecular complexity index is 766. The highest BCUT2D eigenvalue weighted by Crippen LogP contribution is 2.28. The number of anilines is 3. The third kappa shape index (κ3) is 4.97. The lowest BCUT2D eigenvalue weighted by molar-refractivity contribution is 0.415. The molecule has 0 spiro atoms. The fourth-order valence-corrected chi connectivity index (χ4v) is 3.15. The molecule has 0 aliphatic carbocycles. The number of nitrogens with one attached hydrogen (secondary N) is 2. The first-order chi connectivity index (χ1) is 10.9. The Kier molecular flexibility index (Phi) is 5.62. The Balaban J connectivity index is 2.07. The number of hydrogen-bond acceptors (Lipinski definition) is 6. The number of benzene rings is 1. The summed E-state index contributed by atoms with van der Waals surface area (Å²) in [5.74, 6) is 1.25. The summed E-state index contributed by atoms with van der Waals surface area (Å²) in [7, 11) is -1.83. The minimum absolute atomic E-state index is 0.0407. The summed E-state index contributed by atoms with van der Waals surface area (Å²) < 4.78 is 30.8. The molecule has 124 valence electrons. The maximum Gasteiger partial charge on any atom is 0.233 e. The van der Waals surface area contributed by atoms with E-state index in [0.717, 1.165) is 0 Å². The van der Waals surface area contributed by atoms with E-state index in [1.807, 2.05) is 0 Å². The summed E-state index contributed by atoms with van der Waals surface area (Å²) in [5, 5.41) is 11.3. The summed E-state index contributed by atoms with van der Waals surface area (Å²) in [6.07, 6.45) is 0.528. The van der Waals surface area contributed by atoms with E-state index < -0.39 is 10.0 Å². The van der Waals surface area contributed by atoms with Crippen molar-refractivity contribution in [2.24, 2.45) is 0 Å². The Morgan fingerprint density at radius 3 is 2.43 bits per heavy atom. The van der Waals surface area contributed by atoms with Gasteiger partial charge >= 0.3 is 0 Å². The monoisotopic (exact) mass is 356 g/mol. The molecule has 2 N–H and O–H groups in total. The van der Waals surface area contributed by atoms with Gasteiger partial charge < -0.3 is 10.1 Å². The molecule has 0 aliphatic rings. The van der Waals surface area contributed by atoms with Crippen molar-refractivity contribution in [2.75, 3.05) is 22.9 Å². The summed E-state index contributed by atoms with van der Waals surface area (Å²) >= 11 is 6.05. The molecule has 0 amide bonds. The van der Waals surface area contributed by atoms with E-state index in [9.17, 15) is 8.42 Å². The molecule has 2 rings (SSSR count).